The van der Waals surface area contributed by atoms with E-state index in [0.29, 0.717) is 27.7 Å². The number of hydrogen-bond acceptors (Lipinski definition) is 5. The van der Waals surface area contributed by atoms with Crippen LogP contribution in [0.1, 0.15) is 21.9 Å². The van der Waals surface area contributed by atoms with E-state index < -0.39 is 5.82 Å². The van der Waals surface area contributed by atoms with Gasteiger partial charge in [-0.15, -0.1) is 0 Å². The number of aromatic nitrogens is 4. The first-order valence-corrected chi connectivity index (χ1v) is 9.07. The molecule has 0 radical (unpaired) electrons. The maximum Gasteiger partial charge on any atom is 0.255 e. The van der Waals surface area contributed by atoms with E-state index >= 15 is 0 Å². The average Bonchev–Trinajstić information content (AvgIpc) is 3.34. The Morgan fingerprint density at radius 1 is 1.24 bits per heavy atom. The van der Waals surface area contributed by atoms with Gasteiger partial charge in [0.2, 0.25) is 11.7 Å². The Kier molecular flexibility index (Phi) is 5.09. The summed E-state index contributed by atoms with van der Waals surface area (Å²) < 4.78 is 20.6. The molecule has 29 heavy (non-hydrogen) atoms. The van der Waals surface area contributed by atoms with Crippen LogP contribution in [0.25, 0.3) is 17.1 Å². The molecule has 2 heterocycles. The fourth-order valence-corrected chi connectivity index (χ4v) is 3.01. The smallest absolute Gasteiger partial charge is 0.255 e. The Balaban J connectivity index is 1.47. The molecule has 1 N–H and O–H groups in total. The second kappa shape index (κ2) is 7.84. The Labute approximate surface area is 170 Å². The zero-order valence-corrected chi connectivity index (χ0v) is 16.0. The third-order valence-corrected chi connectivity index (χ3v) is 4.52. The van der Waals surface area contributed by atoms with Crippen molar-refractivity contribution in [3.05, 3.63) is 82.7 Å². The maximum absolute atomic E-state index is 14.0. The lowest BCUT2D eigenvalue weighted by Crippen LogP contribution is -2.23. The van der Waals surface area contributed by atoms with E-state index in [-0.39, 0.29) is 24.0 Å². The molecule has 0 spiro atoms. The molecule has 4 aromatic rings. The van der Waals surface area contributed by atoms with Gasteiger partial charge in [0.25, 0.3) is 5.91 Å². The maximum atomic E-state index is 14.0. The van der Waals surface area contributed by atoms with Gasteiger partial charge in [-0.25, -0.2) is 9.07 Å². The number of amides is 1. The van der Waals surface area contributed by atoms with Crippen LogP contribution in [0, 0.1) is 12.7 Å². The van der Waals surface area contributed by atoms with Gasteiger partial charge in [0, 0.05) is 10.6 Å². The molecule has 0 unspecified atom stereocenters. The van der Waals surface area contributed by atoms with E-state index in [2.05, 4.69) is 20.6 Å². The number of halogens is 2. The average molecular weight is 412 g/mol. The topological polar surface area (TPSA) is 85.8 Å². The zero-order valence-electron chi connectivity index (χ0n) is 15.3. The van der Waals surface area contributed by atoms with Crippen molar-refractivity contribution in [2.24, 2.45) is 0 Å². The molecular formula is C20H15ClFN5O2. The normalized spacial score (nSPS) is 10.9. The summed E-state index contributed by atoms with van der Waals surface area (Å²) in [6.45, 7) is 1.73. The third-order valence-electron chi connectivity index (χ3n) is 4.29. The van der Waals surface area contributed by atoms with Gasteiger partial charge >= 0.3 is 0 Å². The highest BCUT2D eigenvalue weighted by atomic mass is 35.5. The Morgan fingerprint density at radius 3 is 2.86 bits per heavy atom. The van der Waals surface area contributed by atoms with Crippen LogP contribution in [0.2, 0.25) is 5.02 Å². The highest BCUT2D eigenvalue weighted by Gasteiger charge is 2.18. The summed E-state index contributed by atoms with van der Waals surface area (Å²) in [4.78, 5) is 16.8. The molecule has 7 nitrogen and oxygen atoms in total. The van der Waals surface area contributed by atoms with Crippen molar-refractivity contribution in [3.8, 4) is 17.1 Å². The van der Waals surface area contributed by atoms with Crippen molar-refractivity contribution in [3.63, 3.8) is 0 Å². The van der Waals surface area contributed by atoms with E-state index in [4.69, 9.17) is 16.1 Å². The molecule has 0 bridgehead atoms. The first-order chi connectivity index (χ1) is 14.0. The van der Waals surface area contributed by atoms with Crippen molar-refractivity contribution in [1.29, 1.82) is 0 Å². The predicted octanol–water partition coefficient (Wildman–Crippen LogP) is 3.95. The van der Waals surface area contributed by atoms with Crippen molar-refractivity contribution in [2.45, 2.75) is 13.5 Å². The summed E-state index contributed by atoms with van der Waals surface area (Å²) in [5.41, 5.74) is 1.81. The molecule has 9 heteroatoms. The quantitative estimate of drug-likeness (QED) is 0.537. The van der Waals surface area contributed by atoms with Crippen molar-refractivity contribution >= 4 is 17.5 Å². The number of para-hydroxylation sites is 1. The van der Waals surface area contributed by atoms with E-state index in [1.807, 2.05) is 0 Å². The zero-order chi connectivity index (χ0) is 20.4. The number of nitrogens with one attached hydrogen (secondary N) is 1. The largest absolute Gasteiger partial charge is 0.343 e. The lowest BCUT2D eigenvalue weighted by molar-refractivity contribution is 0.0945. The molecule has 0 fully saturated rings. The number of carbonyl (C=O) groups is 1. The fraction of sp³-hybridized carbons (Fsp3) is 0.100. The summed E-state index contributed by atoms with van der Waals surface area (Å²) in [6, 6.07) is 13.3. The first-order valence-electron chi connectivity index (χ1n) is 8.69. The van der Waals surface area contributed by atoms with Gasteiger partial charge in [0.1, 0.15) is 11.5 Å². The standard InChI is InChI=1S/C20H15ClFN5O2/c1-12-15(10-24-27(12)17-8-3-2-7-16(17)22)20(28)23-11-18-25-19(26-29-18)13-5-4-6-14(21)9-13/h2-10H,11H2,1H3,(H,23,28). The molecule has 4 rings (SSSR count). The molecule has 2 aromatic carbocycles. The fourth-order valence-electron chi connectivity index (χ4n) is 2.82. The van der Waals surface area contributed by atoms with Crippen LogP contribution in [0.15, 0.2) is 59.3 Å². The SMILES string of the molecule is Cc1c(C(=O)NCc2nc(-c3cccc(Cl)c3)no2)cnn1-c1ccccc1F. The van der Waals surface area contributed by atoms with Crippen LogP contribution < -0.4 is 5.32 Å². The summed E-state index contributed by atoms with van der Waals surface area (Å²) in [7, 11) is 0. The summed E-state index contributed by atoms with van der Waals surface area (Å²) in [5, 5.41) is 11.3. The van der Waals surface area contributed by atoms with Gasteiger partial charge in [-0.3, -0.25) is 4.79 Å². The highest BCUT2D eigenvalue weighted by Crippen LogP contribution is 2.20. The Hall–Kier alpha value is -3.52. The minimum absolute atomic E-state index is 0.0384. The van der Waals surface area contributed by atoms with Crippen LogP contribution in [0.5, 0.6) is 0 Å². The number of hydrogen-bond donors (Lipinski definition) is 1. The second-order valence-electron chi connectivity index (χ2n) is 6.21. The van der Waals surface area contributed by atoms with Gasteiger partial charge in [-0.05, 0) is 31.2 Å². The summed E-state index contributed by atoms with van der Waals surface area (Å²) >= 11 is 5.97. The van der Waals surface area contributed by atoms with Crippen LogP contribution in [0.3, 0.4) is 0 Å². The molecule has 0 aliphatic rings. The van der Waals surface area contributed by atoms with Crippen LogP contribution in [-0.4, -0.2) is 25.8 Å². The highest BCUT2D eigenvalue weighted by molar-refractivity contribution is 6.30. The number of carbonyl (C=O) groups excluding carboxylic acids is 1. The molecule has 0 saturated heterocycles. The predicted molar refractivity (Wildman–Crippen MR) is 104 cm³/mol. The van der Waals surface area contributed by atoms with E-state index in [0.717, 1.165) is 0 Å². The molecule has 2 aromatic heterocycles. The minimum Gasteiger partial charge on any atom is -0.343 e. The minimum atomic E-state index is -0.426. The molecule has 0 atom stereocenters. The van der Waals surface area contributed by atoms with E-state index in [1.165, 1.54) is 16.9 Å². The summed E-state index contributed by atoms with van der Waals surface area (Å²) in [5.74, 6) is -0.189. The van der Waals surface area contributed by atoms with E-state index in [1.54, 1.807) is 49.4 Å². The van der Waals surface area contributed by atoms with Crippen molar-refractivity contribution in [1.82, 2.24) is 25.2 Å². The lowest BCUT2D eigenvalue weighted by Gasteiger charge is -2.06. The van der Waals surface area contributed by atoms with Gasteiger partial charge in [0.05, 0.1) is 24.0 Å². The van der Waals surface area contributed by atoms with Gasteiger partial charge in [0.15, 0.2) is 0 Å². The third kappa shape index (κ3) is 3.88. The Morgan fingerprint density at radius 2 is 2.07 bits per heavy atom. The molecule has 0 aliphatic carbocycles. The first kappa shape index (κ1) is 18.8. The van der Waals surface area contributed by atoms with Gasteiger partial charge in [-0.2, -0.15) is 10.1 Å². The molecule has 0 saturated carbocycles. The van der Waals surface area contributed by atoms with Gasteiger partial charge in [-0.1, -0.05) is 41.0 Å². The van der Waals surface area contributed by atoms with Gasteiger partial charge < -0.3 is 9.84 Å². The molecule has 1 amide bonds. The molecule has 0 aliphatic heterocycles. The van der Waals surface area contributed by atoms with Crippen molar-refractivity contribution in [2.75, 3.05) is 0 Å². The van der Waals surface area contributed by atoms with E-state index in [9.17, 15) is 9.18 Å². The second-order valence-corrected chi connectivity index (χ2v) is 6.65. The molecular weight excluding hydrogens is 397 g/mol. The Bertz CT molecular complexity index is 1190. The monoisotopic (exact) mass is 411 g/mol. The van der Waals surface area contributed by atoms with Crippen LogP contribution in [0.4, 0.5) is 4.39 Å². The number of rotatable bonds is 5. The number of nitrogens with zero attached hydrogens (tertiary/aromatic N) is 4. The van der Waals surface area contributed by atoms with Crippen LogP contribution >= 0.6 is 11.6 Å². The lowest BCUT2D eigenvalue weighted by atomic mass is 10.2. The molecule has 146 valence electrons. The van der Waals surface area contributed by atoms with Crippen molar-refractivity contribution < 1.29 is 13.7 Å². The van der Waals surface area contributed by atoms with Crippen LogP contribution in [-0.2, 0) is 6.54 Å². The number of benzene rings is 2. The summed E-state index contributed by atoms with van der Waals surface area (Å²) in [6.07, 6.45) is 1.39.